The van der Waals surface area contributed by atoms with Crippen LogP contribution in [0.1, 0.15) is 52.8 Å². The molecule has 0 saturated carbocycles. The summed E-state index contributed by atoms with van der Waals surface area (Å²) in [7, 11) is 2.14. The molecule has 1 amide bonds. The third-order valence-electron chi connectivity index (χ3n) is 10.00. The van der Waals surface area contributed by atoms with Crippen molar-refractivity contribution < 1.29 is 14.3 Å². The number of nitrogens with zero attached hydrogens (tertiary/aromatic N) is 7. The number of carbonyl (C=O) groups is 1. The third kappa shape index (κ3) is 7.42. The van der Waals surface area contributed by atoms with Crippen LogP contribution in [-0.4, -0.2) is 95.8 Å². The fraction of sp³-hybridized carbons (Fsp3) is 0.474. The van der Waals surface area contributed by atoms with E-state index in [1.807, 2.05) is 30.3 Å². The van der Waals surface area contributed by atoms with E-state index in [-0.39, 0.29) is 25.3 Å². The molecule has 2 aromatic carbocycles. The summed E-state index contributed by atoms with van der Waals surface area (Å²) >= 11 is 0. The Hall–Kier alpha value is -4.62. The van der Waals surface area contributed by atoms with Crippen LogP contribution in [-0.2, 0) is 24.3 Å². The zero-order valence-corrected chi connectivity index (χ0v) is 28.5. The molecule has 4 heterocycles. The van der Waals surface area contributed by atoms with Gasteiger partial charge in [-0.15, -0.1) is 0 Å². The van der Waals surface area contributed by atoms with Crippen molar-refractivity contribution in [3.63, 3.8) is 0 Å². The summed E-state index contributed by atoms with van der Waals surface area (Å²) in [6.07, 6.45) is 3.62. The van der Waals surface area contributed by atoms with Crippen molar-refractivity contribution >= 4 is 17.6 Å². The normalized spacial score (nSPS) is 19.8. The first-order chi connectivity index (χ1) is 23.3. The number of hydrogen-bond acceptors (Lipinski definition) is 8. The summed E-state index contributed by atoms with van der Waals surface area (Å²) in [5, 5.41) is 0. The Morgan fingerprint density at radius 3 is 2.52 bits per heavy atom. The van der Waals surface area contributed by atoms with Crippen LogP contribution in [0, 0.1) is 20.4 Å². The number of piperazine rings is 1. The molecule has 10 nitrogen and oxygen atoms in total. The average molecular weight is 650 g/mol. The van der Waals surface area contributed by atoms with Gasteiger partial charge in [-0.2, -0.15) is 9.97 Å². The largest absolute Gasteiger partial charge is 0.462 e. The minimum Gasteiger partial charge on any atom is -0.462 e. The van der Waals surface area contributed by atoms with Crippen LogP contribution >= 0.6 is 0 Å². The predicted molar refractivity (Wildman–Crippen MR) is 188 cm³/mol. The van der Waals surface area contributed by atoms with E-state index >= 15 is 0 Å². The number of carbonyl (C=O) groups excluding carboxylic acids is 1. The van der Waals surface area contributed by atoms with Gasteiger partial charge >= 0.3 is 12.1 Å². The minimum atomic E-state index is -0.390. The number of amides is 1. The lowest BCUT2D eigenvalue weighted by Crippen LogP contribution is -2.56. The number of likely N-dealkylation sites (N-methyl/N-ethyl adjacent to an activating group) is 1. The molecule has 0 N–H and O–H groups in total. The van der Waals surface area contributed by atoms with E-state index in [1.54, 1.807) is 4.90 Å². The summed E-state index contributed by atoms with van der Waals surface area (Å²) in [5.74, 6) is 0.849. The van der Waals surface area contributed by atoms with Gasteiger partial charge in [0.1, 0.15) is 25.1 Å². The van der Waals surface area contributed by atoms with Crippen molar-refractivity contribution in [3.8, 4) is 6.01 Å². The minimum absolute atomic E-state index is 0.185. The number of hydrogen-bond donors (Lipinski definition) is 0. The number of aromatic nitrogens is 2. The Morgan fingerprint density at radius 1 is 1.00 bits per heavy atom. The molecule has 2 fully saturated rings. The van der Waals surface area contributed by atoms with Crippen LogP contribution in [0.5, 0.6) is 6.01 Å². The van der Waals surface area contributed by atoms with E-state index < -0.39 is 0 Å². The lowest BCUT2D eigenvalue weighted by atomic mass is 9.99. The summed E-state index contributed by atoms with van der Waals surface area (Å²) in [6.45, 7) is 21.5. The Labute approximate surface area is 284 Å². The monoisotopic (exact) mass is 649 g/mol. The second-order valence-corrected chi connectivity index (χ2v) is 13.3. The Bertz CT molecular complexity index is 1640. The number of ether oxygens (including phenoxy) is 2. The SMILES string of the molecule is [C-]#[N+]C[C@H]1CN(c2nc(OC[C@@H]3CCCN3C)nc3c2CCCN(C(=C)c2c(C)cccc2C)C3)CCN1C(=O)OCc1ccccc1. The van der Waals surface area contributed by atoms with Gasteiger partial charge in [0.15, 0.2) is 0 Å². The number of benzene rings is 2. The maximum atomic E-state index is 13.3. The average Bonchev–Trinajstić information content (AvgIpc) is 3.38. The highest BCUT2D eigenvalue weighted by molar-refractivity contribution is 5.69. The molecular weight excluding hydrogens is 602 g/mol. The molecule has 3 aliphatic rings. The second-order valence-electron chi connectivity index (χ2n) is 13.3. The lowest BCUT2D eigenvalue weighted by Gasteiger charge is -2.39. The molecule has 0 unspecified atom stereocenters. The van der Waals surface area contributed by atoms with Crippen molar-refractivity contribution in [2.45, 2.75) is 64.8 Å². The summed E-state index contributed by atoms with van der Waals surface area (Å²) in [5.41, 5.74) is 7.61. The molecular formula is C38H47N7O3. The van der Waals surface area contributed by atoms with Crippen LogP contribution < -0.4 is 9.64 Å². The smallest absolute Gasteiger partial charge is 0.410 e. The number of anilines is 1. The first-order valence-electron chi connectivity index (χ1n) is 17.1. The molecule has 0 aliphatic carbocycles. The van der Waals surface area contributed by atoms with Gasteiger partial charge in [0, 0.05) is 49.0 Å². The molecule has 252 valence electrons. The number of likely N-dealkylation sites (tertiary alicyclic amines) is 1. The van der Waals surface area contributed by atoms with Gasteiger partial charge in [-0.25, -0.2) is 11.4 Å². The van der Waals surface area contributed by atoms with Crippen molar-refractivity contribution in [2.24, 2.45) is 0 Å². The van der Waals surface area contributed by atoms with Crippen LogP contribution in [0.15, 0.2) is 55.1 Å². The molecule has 0 bridgehead atoms. The second kappa shape index (κ2) is 15.1. The van der Waals surface area contributed by atoms with Gasteiger partial charge in [-0.3, -0.25) is 4.90 Å². The molecule has 3 aliphatic heterocycles. The highest BCUT2D eigenvalue weighted by Crippen LogP contribution is 2.34. The molecule has 0 radical (unpaired) electrons. The Balaban J connectivity index is 1.26. The molecule has 3 aromatic rings. The van der Waals surface area contributed by atoms with E-state index in [0.717, 1.165) is 67.1 Å². The van der Waals surface area contributed by atoms with Crippen molar-refractivity contribution in [2.75, 3.05) is 57.8 Å². The predicted octanol–water partition coefficient (Wildman–Crippen LogP) is 5.73. The van der Waals surface area contributed by atoms with E-state index in [0.29, 0.717) is 44.8 Å². The van der Waals surface area contributed by atoms with Gasteiger partial charge in [0.25, 0.3) is 0 Å². The fourth-order valence-electron chi connectivity index (χ4n) is 7.29. The Morgan fingerprint density at radius 2 is 1.79 bits per heavy atom. The summed E-state index contributed by atoms with van der Waals surface area (Å²) in [6, 6.07) is 16.4. The van der Waals surface area contributed by atoms with Crippen LogP contribution in [0.3, 0.4) is 0 Å². The van der Waals surface area contributed by atoms with Crippen LogP contribution in [0.4, 0.5) is 10.6 Å². The van der Waals surface area contributed by atoms with E-state index in [9.17, 15) is 4.79 Å². The third-order valence-corrected chi connectivity index (χ3v) is 10.00. The number of fused-ring (bicyclic) bond motifs is 1. The van der Waals surface area contributed by atoms with Gasteiger partial charge in [-0.1, -0.05) is 55.1 Å². The molecule has 2 saturated heterocycles. The van der Waals surface area contributed by atoms with Gasteiger partial charge in [-0.05, 0) is 69.8 Å². The standard InChI is InChI=1S/C38H47N7O3/c1-27-12-9-13-28(2)35(27)29(3)43-19-11-17-33-34(24-43)40-37(47-26-31-16-10-18-42(31)5)41-36(33)44-20-21-45(32(23-44)22-39-4)38(46)48-25-30-14-7-6-8-15-30/h6-9,12-15,31-32H,3,10-11,16-26H2,1-2,5H3/t31-,32-/m0/s1. The summed E-state index contributed by atoms with van der Waals surface area (Å²) < 4.78 is 12.1. The van der Waals surface area contributed by atoms with E-state index in [2.05, 4.69) is 65.2 Å². The first kappa shape index (κ1) is 33.3. The van der Waals surface area contributed by atoms with Crippen molar-refractivity contribution in [1.29, 1.82) is 0 Å². The molecule has 6 rings (SSSR count). The topological polar surface area (TPSA) is 78.6 Å². The molecule has 2 atom stereocenters. The molecule has 48 heavy (non-hydrogen) atoms. The molecule has 1 aromatic heterocycles. The van der Waals surface area contributed by atoms with Crippen LogP contribution in [0.2, 0.25) is 0 Å². The summed E-state index contributed by atoms with van der Waals surface area (Å²) in [4.78, 5) is 35.7. The van der Waals surface area contributed by atoms with E-state index in [1.165, 1.54) is 16.7 Å². The van der Waals surface area contributed by atoms with Crippen molar-refractivity contribution in [3.05, 3.63) is 100 Å². The van der Waals surface area contributed by atoms with Gasteiger partial charge in [0.05, 0.1) is 12.2 Å². The van der Waals surface area contributed by atoms with Crippen molar-refractivity contribution in [1.82, 2.24) is 24.7 Å². The van der Waals surface area contributed by atoms with Crippen LogP contribution in [0.25, 0.3) is 10.5 Å². The maximum absolute atomic E-state index is 13.3. The quantitative estimate of drug-likeness (QED) is 0.272. The zero-order chi connectivity index (χ0) is 33.6. The zero-order valence-electron chi connectivity index (χ0n) is 28.5. The van der Waals surface area contributed by atoms with Gasteiger partial charge in [0.2, 0.25) is 6.54 Å². The van der Waals surface area contributed by atoms with E-state index in [4.69, 9.17) is 26.0 Å². The Kier molecular flexibility index (Phi) is 10.5. The maximum Gasteiger partial charge on any atom is 0.410 e. The van der Waals surface area contributed by atoms with Gasteiger partial charge < -0.3 is 29.0 Å². The number of rotatable bonds is 9. The number of aryl methyl sites for hydroxylation is 2. The fourth-order valence-corrected chi connectivity index (χ4v) is 7.29. The highest BCUT2D eigenvalue weighted by atomic mass is 16.6. The highest BCUT2D eigenvalue weighted by Gasteiger charge is 2.36. The molecule has 10 heteroatoms. The molecule has 0 spiro atoms. The first-order valence-corrected chi connectivity index (χ1v) is 17.1. The lowest BCUT2D eigenvalue weighted by molar-refractivity contribution is 0.0788.